The molecule has 28 heavy (non-hydrogen) atoms. The van der Waals surface area contributed by atoms with Gasteiger partial charge in [-0.1, -0.05) is 11.2 Å². The SMILES string of the molecule is COc1ccc(CCNC(=O)c2ccc(Nc3cc(C)on3)cn2)cc1OC. The number of rotatable bonds is 8. The van der Waals surface area contributed by atoms with Crippen LogP contribution in [0.25, 0.3) is 0 Å². The Morgan fingerprint density at radius 1 is 1.11 bits per heavy atom. The zero-order chi connectivity index (χ0) is 19.9. The molecule has 0 atom stereocenters. The Balaban J connectivity index is 1.52. The Morgan fingerprint density at radius 3 is 2.57 bits per heavy atom. The highest BCUT2D eigenvalue weighted by atomic mass is 16.5. The van der Waals surface area contributed by atoms with Gasteiger partial charge in [-0.3, -0.25) is 4.79 Å². The van der Waals surface area contributed by atoms with Crippen LogP contribution in [0.1, 0.15) is 21.8 Å². The molecule has 0 saturated carbocycles. The molecule has 3 rings (SSSR count). The lowest BCUT2D eigenvalue weighted by Crippen LogP contribution is -2.26. The van der Waals surface area contributed by atoms with E-state index in [0.29, 0.717) is 41.7 Å². The molecule has 8 nitrogen and oxygen atoms in total. The normalized spacial score (nSPS) is 10.4. The number of ether oxygens (including phenoxy) is 2. The number of hydrogen-bond acceptors (Lipinski definition) is 7. The summed E-state index contributed by atoms with van der Waals surface area (Å²) >= 11 is 0. The number of carbonyl (C=O) groups excluding carboxylic acids is 1. The Kier molecular flexibility index (Phi) is 6.11. The third-order valence-corrected chi connectivity index (χ3v) is 4.04. The summed E-state index contributed by atoms with van der Waals surface area (Å²) in [4.78, 5) is 16.5. The zero-order valence-corrected chi connectivity index (χ0v) is 16.0. The number of nitrogens with zero attached hydrogens (tertiary/aromatic N) is 2. The van der Waals surface area contributed by atoms with E-state index in [2.05, 4.69) is 20.8 Å². The lowest BCUT2D eigenvalue weighted by molar-refractivity contribution is 0.0949. The van der Waals surface area contributed by atoms with E-state index in [0.717, 1.165) is 11.3 Å². The smallest absolute Gasteiger partial charge is 0.269 e. The minimum atomic E-state index is -0.232. The molecule has 2 aromatic heterocycles. The van der Waals surface area contributed by atoms with Crippen LogP contribution in [0, 0.1) is 6.92 Å². The number of methoxy groups -OCH3 is 2. The molecular weight excluding hydrogens is 360 g/mol. The van der Waals surface area contributed by atoms with E-state index in [1.54, 1.807) is 38.6 Å². The molecule has 146 valence electrons. The molecule has 2 heterocycles. The summed E-state index contributed by atoms with van der Waals surface area (Å²) in [6.07, 6.45) is 2.24. The molecule has 8 heteroatoms. The van der Waals surface area contributed by atoms with Crippen LogP contribution in [-0.4, -0.2) is 36.8 Å². The maximum atomic E-state index is 12.3. The highest BCUT2D eigenvalue weighted by molar-refractivity contribution is 5.92. The van der Waals surface area contributed by atoms with E-state index < -0.39 is 0 Å². The van der Waals surface area contributed by atoms with Crippen molar-refractivity contribution in [3.05, 3.63) is 59.6 Å². The fourth-order valence-electron chi connectivity index (χ4n) is 2.62. The van der Waals surface area contributed by atoms with Gasteiger partial charge in [-0.05, 0) is 43.2 Å². The van der Waals surface area contributed by atoms with Crippen LogP contribution >= 0.6 is 0 Å². The molecule has 0 bridgehead atoms. The summed E-state index contributed by atoms with van der Waals surface area (Å²) in [5.74, 6) is 2.41. The number of aryl methyl sites for hydroxylation is 1. The maximum Gasteiger partial charge on any atom is 0.269 e. The number of anilines is 2. The average molecular weight is 382 g/mol. The van der Waals surface area contributed by atoms with E-state index in [1.165, 1.54) is 0 Å². The van der Waals surface area contributed by atoms with Crippen molar-refractivity contribution in [2.45, 2.75) is 13.3 Å². The van der Waals surface area contributed by atoms with Crippen LogP contribution in [-0.2, 0) is 6.42 Å². The van der Waals surface area contributed by atoms with Crippen molar-refractivity contribution < 1.29 is 18.8 Å². The third kappa shape index (κ3) is 4.79. The first kappa shape index (κ1) is 19.2. The third-order valence-electron chi connectivity index (χ3n) is 4.04. The fraction of sp³-hybridized carbons (Fsp3) is 0.250. The molecule has 0 aliphatic rings. The number of benzene rings is 1. The first-order valence-electron chi connectivity index (χ1n) is 8.74. The second kappa shape index (κ2) is 8.90. The van der Waals surface area contributed by atoms with Gasteiger partial charge in [0.1, 0.15) is 11.5 Å². The summed E-state index contributed by atoms with van der Waals surface area (Å²) in [6.45, 7) is 2.29. The van der Waals surface area contributed by atoms with Crippen molar-refractivity contribution >= 4 is 17.4 Å². The van der Waals surface area contributed by atoms with Gasteiger partial charge in [0, 0.05) is 12.6 Å². The van der Waals surface area contributed by atoms with Gasteiger partial charge in [-0.2, -0.15) is 0 Å². The quantitative estimate of drug-likeness (QED) is 0.618. The second-order valence-electron chi connectivity index (χ2n) is 6.08. The van der Waals surface area contributed by atoms with Gasteiger partial charge in [0.2, 0.25) is 0 Å². The summed E-state index contributed by atoms with van der Waals surface area (Å²) in [6, 6.07) is 10.9. The first-order valence-corrected chi connectivity index (χ1v) is 8.74. The number of pyridine rings is 1. The Morgan fingerprint density at radius 2 is 1.93 bits per heavy atom. The lowest BCUT2D eigenvalue weighted by atomic mass is 10.1. The topological polar surface area (TPSA) is 98.5 Å². The predicted octanol–water partition coefficient (Wildman–Crippen LogP) is 3.11. The van der Waals surface area contributed by atoms with Crippen molar-refractivity contribution in [3.63, 3.8) is 0 Å². The Bertz CT molecular complexity index is 938. The second-order valence-corrected chi connectivity index (χ2v) is 6.08. The van der Waals surface area contributed by atoms with Gasteiger partial charge in [0.05, 0.1) is 26.1 Å². The molecule has 1 amide bonds. The average Bonchev–Trinajstić information content (AvgIpc) is 3.12. The molecule has 0 fully saturated rings. The molecule has 0 unspecified atom stereocenters. The maximum absolute atomic E-state index is 12.3. The highest BCUT2D eigenvalue weighted by Gasteiger charge is 2.09. The largest absolute Gasteiger partial charge is 0.493 e. The van der Waals surface area contributed by atoms with Crippen molar-refractivity contribution in [2.75, 3.05) is 26.1 Å². The van der Waals surface area contributed by atoms with Gasteiger partial charge < -0.3 is 24.6 Å². The molecule has 0 aliphatic heterocycles. The van der Waals surface area contributed by atoms with E-state index in [1.807, 2.05) is 25.1 Å². The predicted molar refractivity (Wildman–Crippen MR) is 104 cm³/mol. The van der Waals surface area contributed by atoms with Gasteiger partial charge in [-0.15, -0.1) is 0 Å². The number of nitrogens with one attached hydrogen (secondary N) is 2. The fourth-order valence-corrected chi connectivity index (χ4v) is 2.62. The van der Waals surface area contributed by atoms with Gasteiger partial charge in [-0.25, -0.2) is 4.98 Å². The summed E-state index contributed by atoms with van der Waals surface area (Å²) in [5.41, 5.74) is 2.10. The van der Waals surface area contributed by atoms with Crippen LogP contribution in [0.5, 0.6) is 11.5 Å². The minimum absolute atomic E-state index is 0.232. The molecule has 0 radical (unpaired) electrons. The van der Waals surface area contributed by atoms with Crippen LogP contribution in [0.2, 0.25) is 0 Å². The summed E-state index contributed by atoms with van der Waals surface area (Å²) in [5, 5.41) is 9.77. The summed E-state index contributed by atoms with van der Waals surface area (Å²) in [7, 11) is 3.19. The molecule has 0 saturated heterocycles. The molecule has 2 N–H and O–H groups in total. The van der Waals surface area contributed by atoms with Crippen molar-refractivity contribution in [1.82, 2.24) is 15.5 Å². The standard InChI is InChI=1S/C20H22N4O4/c1-13-10-19(24-28-13)23-15-5-6-16(22-12-15)20(25)21-9-8-14-4-7-17(26-2)18(11-14)27-3/h4-7,10-12H,8-9H2,1-3H3,(H,21,25)(H,23,24). The zero-order valence-electron chi connectivity index (χ0n) is 16.0. The van der Waals surface area contributed by atoms with Crippen molar-refractivity contribution in [3.8, 4) is 11.5 Å². The van der Waals surface area contributed by atoms with Crippen LogP contribution in [0.3, 0.4) is 0 Å². The number of hydrogen-bond donors (Lipinski definition) is 2. The van der Waals surface area contributed by atoms with E-state index in [-0.39, 0.29) is 5.91 Å². The van der Waals surface area contributed by atoms with E-state index >= 15 is 0 Å². The number of amides is 1. The van der Waals surface area contributed by atoms with Crippen LogP contribution in [0.4, 0.5) is 11.5 Å². The molecule has 0 spiro atoms. The minimum Gasteiger partial charge on any atom is -0.493 e. The van der Waals surface area contributed by atoms with Crippen LogP contribution < -0.4 is 20.1 Å². The monoisotopic (exact) mass is 382 g/mol. The van der Waals surface area contributed by atoms with Gasteiger partial charge in [0.25, 0.3) is 5.91 Å². The highest BCUT2D eigenvalue weighted by Crippen LogP contribution is 2.27. The molecule has 1 aromatic carbocycles. The first-order chi connectivity index (χ1) is 13.6. The van der Waals surface area contributed by atoms with Crippen molar-refractivity contribution in [1.29, 1.82) is 0 Å². The van der Waals surface area contributed by atoms with E-state index in [4.69, 9.17) is 14.0 Å². The number of carbonyl (C=O) groups is 1. The van der Waals surface area contributed by atoms with Gasteiger partial charge >= 0.3 is 0 Å². The van der Waals surface area contributed by atoms with Crippen molar-refractivity contribution in [2.24, 2.45) is 0 Å². The van der Waals surface area contributed by atoms with Gasteiger partial charge in [0.15, 0.2) is 17.3 Å². The van der Waals surface area contributed by atoms with Crippen LogP contribution in [0.15, 0.2) is 47.1 Å². The summed E-state index contributed by atoms with van der Waals surface area (Å²) < 4.78 is 15.5. The molecular formula is C20H22N4O4. The molecule has 3 aromatic rings. The number of aromatic nitrogens is 2. The molecule has 0 aliphatic carbocycles. The lowest BCUT2D eigenvalue weighted by Gasteiger charge is -2.10. The van der Waals surface area contributed by atoms with E-state index in [9.17, 15) is 4.79 Å². The Hall–Kier alpha value is -3.55. The Labute approximate surface area is 162 Å².